The highest BCUT2D eigenvalue weighted by atomic mass is 127. The van der Waals surface area contributed by atoms with E-state index in [4.69, 9.17) is 9.84 Å². The number of hydrogen-bond acceptors (Lipinski definition) is 3. The van der Waals surface area contributed by atoms with Gasteiger partial charge in [0.2, 0.25) is 0 Å². The Kier molecular flexibility index (Phi) is 4.74. The highest BCUT2D eigenvalue weighted by Gasteiger charge is 2.50. The zero-order chi connectivity index (χ0) is 17.4. The molecule has 2 N–H and O–H groups in total. The number of rotatable bonds is 1. The van der Waals surface area contributed by atoms with Gasteiger partial charge in [-0.1, -0.05) is 0 Å². The lowest BCUT2D eigenvalue weighted by atomic mass is 9.87. The molecule has 10 heteroatoms. The minimum absolute atomic E-state index is 0.0989. The van der Waals surface area contributed by atoms with E-state index in [1.807, 2.05) is 22.6 Å². The number of amides is 1. The fourth-order valence-corrected chi connectivity index (χ4v) is 2.73. The molecule has 0 aliphatic carbocycles. The van der Waals surface area contributed by atoms with Crippen LogP contribution in [-0.2, 0) is 10.3 Å². The van der Waals surface area contributed by atoms with E-state index < -0.39 is 42.2 Å². The molecule has 0 spiro atoms. The van der Waals surface area contributed by atoms with Crippen molar-refractivity contribution in [2.45, 2.75) is 31.2 Å². The Balaban J connectivity index is 2.48. The second kappa shape index (κ2) is 6.13. The Bertz CT molecular complexity index is 665. The number of benzene rings is 1. The van der Waals surface area contributed by atoms with Gasteiger partial charge in [-0.15, -0.1) is 0 Å². The largest absolute Gasteiger partial charge is 0.465 e. The summed E-state index contributed by atoms with van der Waals surface area (Å²) in [7, 11) is 0. The van der Waals surface area contributed by atoms with Crippen LogP contribution in [0.5, 0.6) is 0 Å². The third-order valence-corrected chi connectivity index (χ3v) is 3.94. The van der Waals surface area contributed by atoms with Crippen LogP contribution in [0.2, 0.25) is 0 Å². The first-order chi connectivity index (χ1) is 10.5. The molecule has 5 nitrogen and oxygen atoms in total. The topological polar surface area (TPSA) is 70.9 Å². The van der Waals surface area contributed by atoms with Crippen molar-refractivity contribution in [1.29, 1.82) is 0 Å². The predicted octanol–water partition coefficient (Wildman–Crippen LogP) is 3.62. The third-order valence-electron chi connectivity index (χ3n) is 3.27. The summed E-state index contributed by atoms with van der Waals surface area (Å²) < 4.78 is 59.1. The second-order valence-corrected chi connectivity index (χ2v) is 6.33. The van der Waals surface area contributed by atoms with Crippen LogP contribution in [0.3, 0.4) is 0 Å². The molecule has 0 fully saturated rings. The van der Waals surface area contributed by atoms with E-state index in [2.05, 4.69) is 4.99 Å². The molecular weight excluding hydrogens is 435 g/mol. The van der Waals surface area contributed by atoms with Crippen molar-refractivity contribution in [2.75, 3.05) is 0 Å². The number of carbonyl (C=O) groups is 1. The number of nitrogens with one attached hydrogen (secondary N) is 1. The zero-order valence-electron chi connectivity index (χ0n) is 11.6. The van der Waals surface area contributed by atoms with E-state index in [0.717, 1.165) is 6.07 Å². The maximum Gasteiger partial charge on any atom is 0.412 e. The fraction of sp³-hybridized carbons (Fsp3) is 0.385. The predicted molar refractivity (Wildman–Crippen MR) is 80.6 cm³/mol. The van der Waals surface area contributed by atoms with Crippen molar-refractivity contribution in [3.8, 4) is 0 Å². The van der Waals surface area contributed by atoms with Crippen molar-refractivity contribution in [1.82, 2.24) is 5.32 Å². The van der Waals surface area contributed by atoms with Crippen LogP contribution in [0, 0.1) is 9.39 Å². The SMILES string of the molecule is C[C@@]1(c2cc(I)ccc2F)C[C@@H](C(F)(F)F)N=C(NC(=O)O)O1. The average molecular weight is 446 g/mol. The highest BCUT2D eigenvalue weighted by Crippen LogP contribution is 2.41. The van der Waals surface area contributed by atoms with Gasteiger partial charge in [-0.2, -0.15) is 13.2 Å². The van der Waals surface area contributed by atoms with Gasteiger partial charge in [0.05, 0.1) is 0 Å². The molecule has 2 atom stereocenters. The molecule has 0 saturated carbocycles. The van der Waals surface area contributed by atoms with E-state index in [1.165, 1.54) is 19.1 Å². The summed E-state index contributed by atoms with van der Waals surface area (Å²) in [5.74, 6) is -0.745. The number of ether oxygens (including phenoxy) is 1. The molecule has 0 saturated heterocycles. The van der Waals surface area contributed by atoms with Crippen molar-refractivity contribution in [3.63, 3.8) is 0 Å². The lowest BCUT2D eigenvalue weighted by Crippen LogP contribution is -2.48. The zero-order valence-corrected chi connectivity index (χ0v) is 13.8. The monoisotopic (exact) mass is 446 g/mol. The van der Waals surface area contributed by atoms with Gasteiger partial charge in [0.1, 0.15) is 11.4 Å². The van der Waals surface area contributed by atoms with Crippen LogP contribution in [-0.4, -0.2) is 29.4 Å². The Morgan fingerprint density at radius 3 is 2.74 bits per heavy atom. The molecule has 1 aromatic carbocycles. The number of halogens is 5. The standard InChI is InChI=1S/C13H11F4IN2O3/c1-12(7-4-6(18)2-3-8(7)14)5-9(13(15,16)17)19-10(23-12)20-11(21)22/h2-4,9H,5H2,1H3,(H,19,20)(H,21,22)/t9-,12-/m0/s1. The molecule has 1 heterocycles. The van der Waals surface area contributed by atoms with Crippen LogP contribution >= 0.6 is 22.6 Å². The summed E-state index contributed by atoms with van der Waals surface area (Å²) in [6.45, 7) is 1.26. The van der Waals surface area contributed by atoms with Crippen molar-refractivity contribution < 1.29 is 32.2 Å². The van der Waals surface area contributed by atoms with E-state index in [-0.39, 0.29) is 5.56 Å². The normalized spacial score (nSPS) is 24.6. The molecule has 1 aliphatic rings. The maximum atomic E-state index is 14.1. The van der Waals surface area contributed by atoms with Crippen LogP contribution < -0.4 is 5.32 Å². The van der Waals surface area contributed by atoms with Gasteiger partial charge in [-0.3, -0.25) is 0 Å². The lowest BCUT2D eigenvalue weighted by Gasteiger charge is -2.38. The van der Waals surface area contributed by atoms with E-state index >= 15 is 0 Å². The van der Waals surface area contributed by atoms with E-state index in [9.17, 15) is 22.4 Å². The number of aliphatic imine (C=N–C) groups is 1. The van der Waals surface area contributed by atoms with Gasteiger partial charge < -0.3 is 9.84 Å². The van der Waals surface area contributed by atoms with Gasteiger partial charge in [-0.05, 0) is 47.7 Å². The van der Waals surface area contributed by atoms with Crippen LogP contribution in [0.4, 0.5) is 22.4 Å². The number of alkyl halides is 3. The van der Waals surface area contributed by atoms with Gasteiger partial charge >= 0.3 is 12.3 Å². The molecule has 0 unspecified atom stereocenters. The molecule has 0 bridgehead atoms. The number of amidine groups is 1. The second-order valence-electron chi connectivity index (χ2n) is 5.08. The number of nitrogens with zero attached hydrogens (tertiary/aromatic N) is 1. The molecule has 23 heavy (non-hydrogen) atoms. The molecule has 1 aliphatic heterocycles. The summed E-state index contributed by atoms with van der Waals surface area (Å²) in [6, 6.07) is 0.904. The Hall–Kier alpha value is -1.59. The molecule has 0 aromatic heterocycles. The van der Waals surface area contributed by atoms with E-state index in [0.29, 0.717) is 3.57 Å². The third kappa shape index (κ3) is 4.03. The molecular formula is C13H11F4IN2O3. The summed E-state index contributed by atoms with van der Waals surface area (Å²) in [5, 5.41) is 10.3. The minimum Gasteiger partial charge on any atom is -0.465 e. The summed E-state index contributed by atoms with van der Waals surface area (Å²) in [6.07, 6.45) is -7.01. The van der Waals surface area contributed by atoms with Crippen molar-refractivity contribution >= 4 is 34.7 Å². The first-order valence-corrected chi connectivity index (χ1v) is 7.38. The maximum absolute atomic E-state index is 14.1. The summed E-state index contributed by atoms with van der Waals surface area (Å²) >= 11 is 1.89. The van der Waals surface area contributed by atoms with Gasteiger partial charge in [0, 0.05) is 15.6 Å². The van der Waals surface area contributed by atoms with Gasteiger partial charge in [-0.25, -0.2) is 19.5 Å². The van der Waals surface area contributed by atoms with Crippen LogP contribution in [0.25, 0.3) is 0 Å². The summed E-state index contributed by atoms with van der Waals surface area (Å²) in [5.41, 5.74) is -1.82. The van der Waals surface area contributed by atoms with Crippen molar-refractivity contribution in [3.05, 3.63) is 33.1 Å². The van der Waals surface area contributed by atoms with Crippen LogP contribution in [0.15, 0.2) is 23.2 Å². The van der Waals surface area contributed by atoms with E-state index in [1.54, 1.807) is 5.32 Å². The Labute approximate surface area is 141 Å². The smallest absolute Gasteiger partial charge is 0.412 e. The quantitative estimate of drug-likeness (QED) is 0.512. The summed E-state index contributed by atoms with van der Waals surface area (Å²) in [4.78, 5) is 13.9. The average Bonchev–Trinajstić information content (AvgIpc) is 2.39. The minimum atomic E-state index is -4.71. The van der Waals surface area contributed by atoms with Gasteiger partial charge in [0.25, 0.3) is 6.02 Å². The number of hydrogen-bond donors (Lipinski definition) is 2. The first-order valence-electron chi connectivity index (χ1n) is 6.30. The molecule has 0 radical (unpaired) electrons. The lowest BCUT2D eigenvalue weighted by molar-refractivity contribution is -0.164. The molecule has 1 aromatic rings. The fourth-order valence-electron chi connectivity index (χ4n) is 2.24. The molecule has 1 amide bonds. The molecule has 2 rings (SSSR count). The Morgan fingerprint density at radius 1 is 1.52 bits per heavy atom. The van der Waals surface area contributed by atoms with Gasteiger partial charge in [0.15, 0.2) is 6.04 Å². The Morgan fingerprint density at radius 2 is 2.17 bits per heavy atom. The van der Waals surface area contributed by atoms with Crippen molar-refractivity contribution in [2.24, 2.45) is 4.99 Å². The molecule has 126 valence electrons. The first kappa shape index (κ1) is 17.8. The van der Waals surface area contributed by atoms with Crippen LogP contribution in [0.1, 0.15) is 18.9 Å². The highest BCUT2D eigenvalue weighted by molar-refractivity contribution is 14.1. The number of carboxylic acid groups (broad SMARTS) is 1.